The first-order valence-corrected chi connectivity index (χ1v) is 8.50. The van der Waals surface area contributed by atoms with Crippen LogP contribution in [0.3, 0.4) is 0 Å². The van der Waals surface area contributed by atoms with Crippen LogP contribution in [0.4, 0.5) is 5.82 Å². The number of nitrogens with one attached hydrogen (secondary N) is 1. The van der Waals surface area contributed by atoms with Crippen molar-refractivity contribution in [1.82, 2.24) is 19.6 Å². The van der Waals surface area contributed by atoms with Gasteiger partial charge in [0.1, 0.15) is 6.54 Å². The Morgan fingerprint density at radius 1 is 1.21 bits per heavy atom. The second-order valence-electron chi connectivity index (χ2n) is 5.05. The summed E-state index contributed by atoms with van der Waals surface area (Å²) in [6, 6.07) is 7.14. The fourth-order valence-electron chi connectivity index (χ4n) is 2.10. The molecule has 2 heterocycles. The van der Waals surface area contributed by atoms with Crippen LogP contribution in [0.25, 0.3) is 0 Å². The molecule has 3 rings (SSSR count). The Labute approximate surface area is 156 Å². The minimum absolute atomic E-state index is 0.116. The van der Waals surface area contributed by atoms with E-state index in [1.165, 1.54) is 4.68 Å². The minimum atomic E-state index is -0.203. The Morgan fingerprint density at radius 2 is 2.04 bits per heavy atom. The number of halogens is 3. The first-order chi connectivity index (χ1) is 11.5. The SMILES string of the molecule is O=C(Cn1cc(Br)cn1)Nc1ccn(Cc2ccc(Cl)c(Cl)c2)n1. The molecule has 0 saturated carbocycles. The van der Waals surface area contributed by atoms with Gasteiger partial charge in [-0.1, -0.05) is 29.3 Å². The van der Waals surface area contributed by atoms with Gasteiger partial charge in [-0.2, -0.15) is 10.2 Å². The van der Waals surface area contributed by atoms with Gasteiger partial charge in [0.05, 0.1) is 27.3 Å². The number of rotatable bonds is 5. The van der Waals surface area contributed by atoms with Crippen molar-refractivity contribution in [3.05, 3.63) is 62.9 Å². The fraction of sp³-hybridized carbons (Fsp3) is 0.133. The van der Waals surface area contributed by atoms with Gasteiger partial charge in [-0.05, 0) is 33.6 Å². The number of hydrogen-bond acceptors (Lipinski definition) is 3. The third-order valence-electron chi connectivity index (χ3n) is 3.14. The van der Waals surface area contributed by atoms with E-state index < -0.39 is 0 Å². The third-order valence-corrected chi connectivity index (χ3v) is 4.29. The summed E-state index contributed by atoms with van der Waals surface area (Å²) in [5, 5.41) is 12.1. The van der Waals surface area contributed by atoms with Gasteiger partial charge in [0.15, 0.2) is 5.82 Å². The summed E-state index contributed by atoms with van der Waals surface area (Å²) in [4.78, 5) is 12.0. The Hall–Kier alpha value is -1.83. The Morgan fingerprint density at radius 3 is 2.75 bits per heavy atom. The molecule has 0 bridgehead atoms. The number of amides is 1. The first kappa shape index (κ1) is 17.0. The summed E-state index contributed by atoms with van der Waals surface area (Å²) in [6.07, 6.45) is 5.13. The van der Waals surface area contributed by atoms with Crippen LogP contribution in [0.15, 0.2) is 47.3 Å². The van der Waals surface area contributed by atoms with Crippen molar-refractivity contribution >= 4 is 50.9 Å². The smallest absolute Gasteiger partial charge is 0.247 e. The maximum absolute atomic E-state index is 12.0. The van der Waals surface area contributed by atoms with Crippen LogP contribution in [0.2, 0.25) is 10.0 Å². The van der Waals surface area contributed by atoms with E-state index in [0.717, 1.165) is 10.0 Å². The molecular weight excluding hydrogens is 417 g/mol. The highest BCUT2D eigenvalue weighted by Crippen LogP contribution is 2.23. The molecule has 0 aliphatic heterocycles. The van der Waals surface area contributed by atoms with Gasteiger partial charge in [0.25, 0.3) is 0 Å². The molecule has 0 fully saturated rings. The molecule has 2 aromatic heterocycles. The predicted octanol–water partition coefficient (Wildman–Crippen LogP) is 3.84. The quantitative estimate of drug-likeness (QED) is 0.671. The number of anilines is 1. The van der Waals surface area contributed by atoms with E-state index in [9.17, 15) is 4.79 Å². The van der Waals surface area contributed by atoms with Gasteiger partial charge in [0.2, 0.25) is 5.91 Å². The van der Waals surface area contributed by atoms with E-state index in [1.54, 1.807) is 41.5 Å². The van der Waals surface area contributed by atoms with Crippen LogP contribution in [0.5, 0.6) is 0 Å². The van der Waals surface area contributed by atoms with E-state index in [-0.39, 0.29) is 12.5 Å². The zero-order valence-corrected chi connectivity index (χ0v) is 15.4. The van der Waals surface area contributed by atoms with Crippen LogP contribution >= 0.6 is 39.1 Å². The van der Waals surface area contributed by atoms with E-state index in [4.69, 9.17) is 23.2 Å². The van der Waals surface area contributed by atoms with Crippen molar-refractivity contribution in [1.29, 1.82) is 0 Å². The maximum atomic E-state index is 12.0. The third kappa shape index (κ3) is 4.37. The molecule has 0 saturated heterocycles. The lowest BCUT2D eigenvalue weighted by atomic mass is 10.2. The van der Waals surface area contributed by atoms with E-state index in [1.807, 2.05) is 6.07 Å². The largest absolute Gasteiger partial charge is 0.308 e. The highest BCUT2D eigenvalue weighted by Gasteiger charge is 2.08. The molecule has 0 spiro atoms. The highest BCUT2D eigenvalue weighted by atomic mass is 79.9. The molecule has 1 N–H and O–H groups in total. The summed E-state index contributed by atoms with van der Waals surface area (Å²) in [5.41, 5.74) is 0.965. The van der Waals surface area contributed by atoms with Crippen molar-refractivity contribution in [3.63, 3.8) is 0 Å². The molecule has 1 amide bonds. The molecule has 0 aliphatic carbocycles. The summed E-state index contributed by atoms with van der Waals surface area (Å²) < 4.78 is 4.06. The number of nitrogens with zero attached hydrogens (tertiary/aromatic N) is 4. The molecule has 9 heteroatoms. The van der Waals surface area contributed by atoms with Crippen LogP contribution in [-0.4, -0.2) is 25.5 Å². The van der Waals surface area contributed by atoms with Crippen molar-refractivity contribution in [3.8, 4) is 0 Å². The number of carbonyl (C=O) groups is 1. The zero-order valence-electron chi connectivity index (χ0n) is 12.3. The molecule has 6 nitrogen and oxygen atoms in total. The molecule has 0 aliphatic rings. The molecule has 0 unspecified atom stereocenters. The lowest BCUT2D eigenvalue weighted by Gasteiger charge is -2.04. The topological polar surface area (TPSA) is 64.7 Å². The highest BCUT2D eigenvalue weighted by molar-refractivity contribution is 9.10. The molecule has 3 aromatic rings. The lowest BCUT2D eigenvalue weighted by Crippen LogP contribution is -2.19. The van der Waals surface area contributed by atoms with Gasteiger partial charge in [0, 0.05) is 18.5 Å². The normalized spacial score (nSPS) is 10.8. The summed E-state index contributed by atoms with van der Waals surface area (Å²) in [7, 11) is 0. The monoisotopic (exact) mass is 427 g/mol. The molecular formula is C15H12BrCl2N5O. The fourth-order valence-corrected chi connectivity index (χ4v) is 2.74. The van der Waals surface area contributed by atoms with Crippen LogP contribution in [0, 0.1) is 0 Å². The van der Waals surface area contributed by atoms with E-state index in [0.29, 0.717) is 22.4 Å². The minimum Gasteiger partial charge on any atom is -0.308 e. The first-order valence-electron chi connectivity index (χ1n) is 6.95. The standard InChI is InChI=1S/C15H12BrCl2N5O/c16-11-6-19-23(8-11)9-15(24)20-14-3-4-22(21-14)7-10-1-2-12(17)13(18)5-10/h1-6,8H,7,9H2,(H,20,21,24). The number of hydrogen-bond donors (Lipinski definition) is 1. The van der Waals surface area contributed by atoms with Crippen molar-refractivity contribution in [2.75, 3.05) is 5.32 Å². The number of benzene rings is 1. The second kappa shape index (κ2) is 7.38. The number of aromatic nitrogens is 4. The molecule has 0 atom stereocenters. The zero-order chi connectivity index (χ0) is 17.1. The van der Waals surface area contributed by atoms with Crippen molar-refractivity contribution in [2.45, 2.75) is 13.1 Å². The molecule has 1 aromatic carbocycles. The summed E-state index contributed by atoms with van der Waals surface area (Å²) in [6.45, 7) is 0.643. The van der Waals surface area contributed by atoms with Gasteiger partial charge >= 0.3 is 0 Å². The average Bonchev–Trinajstić information content (AvgIpc) is 3.12. The van der Waals surface area contributed by atoms with Gasteiger partial charge in [-0.15, -0.1) is 0 Å². The predicted molar refractivity (Wildman–Crippen MR) is 96.3 cm³/mol. The van der Waals surface area contributed by atoms with Gasteiger partial charge < -0.3 is 5.32 Å². The lowest BCUT2D eigenvalue weighted by molar-refractivity contribution is -0.116. The van der Waals surface area contributed by atoms with Gasteiger partial charge in [-0.25, -0.2) is 0 Å². The van der Waals surface area contributed by atoms with Crippen molar-refractivity contribution in [2.24, 2.45) is 0 Å². The maximum Gasteiger partial charge on any atom is 0.247 e. The Bertz CT molecular complexity index is 876. The van der Waals surface area contributed by atoms with Crippen LogP contribution in [-0.2, 0) is 17.9 Å². The summed E-state index contributed by atoms with van der Waals surface area (Å²) >= 11 is 15.2. The molecule has 124 valence electrons. The number of carbonyl (C=O) groups excluding carboxylic acids is 1. The van der Waals surface area contributed by atoms with Crippen molar-refractivity contribution < 1.29 is 4.79 Å². The molecule has 0 radical (unpaired) electrons. The molecule has 24 heavy (non-hydrogen) atoms. The van der Waals surface area contributed by atoms with E-state index >= 15 is 0 Å². The van der Waals surface area contributed by atoms with Gasteiger partial charge in [-0.3, -0.25) is 14.2 Å². The Balaban J connectivity index is 1.60. The Kier molecular flexibility index (Phi) is 5.23. The van der Waals surface area contributed by atoms with E-state index in [2.05, 4.69) is 31.4 Å². The van der Waals surface area contributed by atoms with Crippen LogP contribution in [0.1, 0.15) is 5.56 Å². The average molecular weight is 429 g/mol. The summed E-state index contributed by atoms with van der Waals surface area (Å²) in [5.74, 6) is 0.275. The van der Waals surface area contributed by atoms with Crippen LogP contribution < -0.4 is 5.32 Å². The second-order valence-corrected chi connectivity index (χ2v) is 6.78.